The Balaban J connectivity index is 0.00000193. The maximum absolute atomic E-state index is 2.55. The molecule has 4 rings (SSSR count). The molecule has 4 heteroatoms. The van der Waals surface area contributed by atoms with E-state index in [0.717, 1.165) is 3.63 Å². The average molecular weight is 575 g/mol. The molecule has 2 aliphatic carbocycles. The number of benzene rings is 2. The molecule has 0 bridgehead atoms. The molecule has 33 heavy (non-hydrogen) atoms. The maximum Gasteiger partial charge on any atom is -1.00 e. The van der Waals surface area contributed by atoms with Gasteiger partial charge in [0, 0.05) is 0 Å². The number of hydrogen-bond acceptors (Lipinski definition) is 0. The van der Waals surface area contributed by atoms with E-state index in [2.05, 4.69) is 103 Å². The van der Waals surface area contributed by atoms with Gasteiger partial charge in [0.2, 0.25) is 0 Å². The van der Waals surface area contributed by atoms with Crippen LogP contribution in [0, 0.1) is 5.92 Å². The zero-order valence-electron chi connectivity index (χ0n) is 21.0. The molecule has 0 spiro atoms. The SMILES string of the molecule is CC[Si](CC)=[Zr+2]([C]1=C(C)C(C)=C(C)C1C)[CH]1C(C)=Cc2c(-c3ccccc3)cccc21.[Cl-].[Cl-]. The second kappa shape index (κ2) is 11.9. The monoisotopic (exact) mass is 572 g/mol. The van der Waals surface area contributed by atoms with Crippen molar-refractivity contribution < 1.29 is 45.2 Å². The second-order valence-electron chi connectivity index (χ2n) is 9.29. The third kappa shape index (κ3) is 5.02. The molecular formula is C29H36Cl2SiZr. The minimum absolute atomic E-state index is 0. The van der Waals surface area contributed by atoms with Crippen LogP contribution in [0.25, 0.3) is 17.2 Å². The number of halogens is 2. The molecule has 2 aromatic rings. The topological polar surface area (TPSA) is 0 Å². The maximum atomic E-state index is 2.55. The van der Waals surface area contributed by atoms with E-state index in [1.54, 1.807) is 27.9 Å². The number of rotatable bonds is 5. The molecule has 0 amide bonds. The van der Waals surface area contributed by atoms with Crippen molar-refractivity contribution in [2.45, 2.75) is 64.2 Å². The van der Waals surface area contributed by atoms with E-state index in [1.165, 1.54) is 28.8 Å². The summed E-state index contributed by atoms with van der Waals surface area (Å²) in [6.07, 6.45) is 2.55. The van der Waals surface area contributed by atoms with Crippen LogP contribution in [0.5, 0.6) is 0 Å². The summed E-state index contributed by atoms with van der Waals surface area (Å²) in [5.74, 6) is 0.668. The Bertz CT molecular complexity index is 1150. The van der Waals surface area contributed by atoms with Crippen LogP contribution < -0.4 is 24.8 Å². The largest absolute Gasteiger partial charge is 1.00 e. The van der Waals surface area contributed by atoms with Gasteiger partial charge in [0.1, 0.15) is 0 Å². The first-order chi connectivity index (χ1) is 14.9. The standard InChI is InChI=1S/C16H13.C9H13.C4H10Si.2ClH.Zr/c1-12-10-14-8-5-9-15(16(14)11-12)13-6-3-2-4-7-13;1-6-5-7(2)9(4)8(6)3;1-3-5-4-2;;;/h2-11H,1H3;6H,1-4H3;3-4H2,1-2H3;2*1H;/q;;;;;+2/p-2. The van der Waals surface area contributed by atoms with Gasteiger partial charge in [-0.1, -0.05) is 0 Å². The van der Waals surface area contributed by atoms with Crippen molar-refractivity contribution in [2.24, 2.45) is 5.92 Å². The Hall–Kier alpha value is -0.660. The molecule has 0 N–H and O–H groups in total. The summed E-state index contributed by atoms with van der Waals surface area (Å²) < 4.78 is 2.67. The van der Waals surface area contributed by atoms with Gasteiger partial charge in [0.25, 0.3) is 0 Å². The first-order valence-electron chi connectivity index (χ1n) is 11.9. The Kier molecular flexibility index (Phi) is 10.3. The summed E-state index contributed by atoms with van der Waals surface area (Å²) in [5.41, 5.74) is 12.1. The van der Waals surface area contributed by atoms with Gasteiger partial charge in [0.05, 0.1) is 0 Å². The van der Waals surface area contributed by atoms with Gasteiger partial charge in [-0.2, -0.15) is 0 Å². The third-order valence-corrected chi connectivity index (χ3v) is 31.1. The molecule has 2 aromatic carbocycles. The van der Waals surface area contributed by atoms with Crippen LogP contribution in [0.15, 0.2) is 74.1 Å². The summed E-state index contributed by atoms with van der Waals surface area (Å²) in [6, 6.07) is 20.9. The normalized spacial score (nSPS) is 18.8. The number of allylic oxidation sites excluding steroid dienone is 5. The van der Waals surface area contributed by atoms with Crippen molar-refractivity contribution in [1.82, 2.24) is 0 Å². The van der Waals surface area contributed by atoms with Crippen LogP contribution in [0.2, 0.25) is 12.1 Å². The third-order valence-electron chi connectivity index (χ3n) is 7.82. The van der Waals surface area contributed by atoms with Gasteiger partial charge in [-0.15, -0.1) is 0 Å². The fraction of sp³-hybridized carbons (Fsp3) is 0.379. The Morgan fingerprint density at radius 1 is 0.818 bits per heavy atom. The van der Waals surface area contributed by atoms with E-state index in [-0.39, 0.29) is 30.2 Å². The smallest absolute Gasteiger partial charge is 1.00 e. The zero-order chi connectivity index (χ0) is 22.3. The van der Waals surface area contributed by atoms with E-state index >= 15 is 0 Å². The Morgan fingerprint density at radius 2 is 1.45 bits per heavy atom. The minimum atomic E-state index is -1.96. The molecule has 174 valence electrons. The van der Waals surface area contributed by atoms with Crippen LogP contribution in [-0.2, 0) is 20.4 Å². The van der Waals surface area contributed by atoms with Crippen LogP contribution in [-0.4, -0.2) is 5.43 Å². The minimum Gasteiger partial charge on any atom is -1.00 e. The van der Waals surface area contributed by atoms with Crippen molar-refractivity contribution in [1.29, 1.82) is 0 Å². The van der Waals surface area contributed by atoms with Crippen molar-refractivity contribution in [2.75, 3.05) is 0 Å². The van der Waals surface area contributed by atoms with Crippen LogP contribution >= 0.6 is 0 Å². The van der Waals surface area contributed by atoms with Crippen molar-refractivity contribution in [3.05, 3.63) is 85.2 Å². The molecule has 0 aliphatic heterocycles. The zero-order valence-corrected chi connectivity index (χ0v) is 26.0. The average Bonchev–Trinajstić information content (AvgIpc) is 3.21. The van der Waals surface area contributed by atoms with Crippen LogP contribution in [0.3, 0.4) is 0 Å². The summed E-state index contributed by atoms with van der Waals surface area (Å²) in [4.78, 5) is 0. The fourth-order valence-electron chi connectivity index (χ4n) is 5.78. The van der Waals surface area contributed by atoms with Crippen LogP contribution in [0.1, 0.15) is 63.2 Å². The summed E-state index contributed by atoms with van der Waals surface area (Å²) >= 11 is -1.96. The molecule has 0 saturated carbocycles. The molecule has 0 fully saturated rings. The molecule has 0 aromatic heterocycles. The van der Waals surface area contributed by atoms with E-state index < -0.39 is 20.4 Å². The van der Waals surface area contributed by atoms with E-state index in [4.69, 9.17) is 0 Å². The van der Waals surface area contributed by atoms with Gasteiger partial charge in [-0.05, 0) is 0 Å². The van der Waals surface area contributed by atoms with E-state index in [9.17, 15) is 0 Å². The number of hydrogen-bond donors (Lipinski definition) is 0. The van der Waals surface area contributed by atoms with Gasteiger partial charge in [-0.3, -0.25) is 0 Å². The van der Waals surface area contributed by atoms with E-state index in [1.807, 2.05) is 3.28 Å². The molecule has 2 aliphatic rings. The van der Waals surface area contributed by atoms with Crippen LogP contribution in [0.4, 0.5) is 0 Å². The van der Waals surface area contributed by atoms with Gasteiger partial charge < -0.3 is 24.8 Å². The van der Waals surface area contributed by atoms with Crippen molar-refractivity contribution in [3.63, 3.8) is 0 Å². The fourth-order valence-corrected chi connectivity index (χ4v) is 30.5. The summed E-state index contributed by atoms with van der Waals surface area (Å²) in [7, 11) is 0. The molecule has 0 nitrogen and oxygen atoms in total. The number of fused-ring (bicyclic) bond motifs is 1. The predicted octanol–water partition coefficient (Wildman–Crippen LogP) is 2.73. The summed E-state index contributed by atoms with van der Waals surface area (Å²) in [5, 5.41) is 0. The second-order valence-corrected chi connectivity index (χ2v) is 25.1. The first-order valence-corrected chi connectivity index (χ1v) is 20.1. The van der Waals surface area contributed by atoms with Crippen molar-refractivity contribution in [3.8, 4) is 11.1 Å². The summed E-state index contributed by atoms with van der Waals surface area (Å²) in [6.45, 7) is 17.1. The van der Waals surface area contributed by atoms with Gasteiger partial charge in [-0.25, -0.2) is 0 Å². The Morgan fingerprint density at radius 3 is 2.00 bits per heavy atom. The molecule has 2 atom stereocenters. The Labute approximate surface area is 221 Å². The molecule has 0 saturated heterocycles. The molecular weight excluding hydrogens is 539 g/mol. The molecule has 0 radical (unpaired) electrons. The van der Waals surface area contributed by atoms with Crippen molar-refractivity contribution >= 4 is 11.5 Å². The van der Waals surface area contributed by atoms with E-state index in [0.29, 0.717) is 5.92 Å². The van der Waals surface area contributed by atoms with Gasteiger partial charge in [0.15, 0.2) is 0 Å². The molecule has 0 heterocycles. The predicted molar refractivity (Wildman–Crippen MR) is 135 cm³/mol. The van der Waals surface area contributed by atoms with Gasteiger partial charge >= 0.3 is 198 Å². The molecule has 2 unspecified atom stereocenters. The first kappa shape index (κ1) is 28.6. The quantitative estimate of drug-likeness (QED) is 0.482.